The van der Waals surface area contributed by atoms with Crippen LogP contribution in [0, 0.1) is 5.82 Å². The number of hydrogen-bond acceptors (Lipinski definition) is 6. The van der Waals surface area contributed by atoms with Crippen molar-refractivity contribution in [3.8, 4) is 11.3 Å². The highest BCUT2D eigenvalue weighted by Crippen LogP contribution is 2.42. The molecule has 0 fully saturated rings. The predicted octanol–water partition coefficient (Wildman–Crippen LogP) is 5.23. The third-order valence-electron chi connectivity index (χ3n) is 6.03. The molecular weight excluding hydrogens is 465 g/mol. The van der Waals surface area contributed by atoms with Gasteiger partial charge in [-0.3, -0.25) is 4.18 Å². The van der Waals surface area contributed by atoms with Gasteiger partial charge in [-0.15, -0.1) is 0 Å². The maximum atomic E-state index is 14.6. The molecular formula is C27H24FN3O3S. The summed E-state index contributed by atoms with van der Waals surface area (Å²) in [7, 11) is -3.47. The van der Waals surface area contributed by atoms with Crippen LogP contribution < -0.4 is 5.32 Å². The van der Waals surface area contributed by atoms with Gasteiger partial charge in [0.1, 0.15) is 5.82 Å². The molecule has 0 radical (unpaired) electrons. The van der Waals surface area contributed by atoms with Crippen LogP contribution in [0.2, 0.25) is 0 Å². The zero-order valence-corrected chi connectivity index (χ0v) is 19.9. The fourth-order valence-corrected chi connectivity index (χ4v) is 4.86. The van der Waals surface area contributed by atoms with E-state index < -0.39 is 10.1 Å². The molecule has 1 N–H and O–H groups in total. The Morgan fingerprint density at radius 2 is 1.80 bits per heavy atom. The molecule has 1 heterocycles. The predicted molar refractivity (Wildman–Crippen MR) is 134 cm³/mol. The lowest BCUT2D eigenvalue weighted by Crippen LogP contribution is -2.16. The van der Waals surface area contributed by atoms with E-state index in [2.05, 4.69) is 10.3 Å². The van der Waals surface area contributed by atoms with E-state index in [0.717, 1.165) is 39.9 Å². The molecule has 0 spiro atoms. The van der Waals surface area contributed by atoms with Gasteiger partial charge in [0.15, 0.2) is 0 Å². The highest BCUT2D eigenvalue weighted by molar-refractivity contribution is 7.85. The largest absolute Gasteiger partial charge is 0.324 e. The molecule has 1 aliphatic carbocycles. The van der Waals surface area contributed by atoms with E-state index in [1.165, 1.54) is 6.07 Å². The summed E-state index contributed by atoms with van der Waals surface area (Å²) in [6.07, 6.45) is 3.91. The SMILES string of the molecule is CS(=O)(=O)OCCc1cccc(Nc2ncc3c(n2)-c2ccccc2[C@H](c2ccccc2F)C3)c1. The van der Waals surface area contributed by atoms with Crippen molar-refractivity contribution >= 4 is 21.8 Å². The monoisotopic (exact) mass is 489 g/mol. The fraction of sp³-hybridized carbons (Fsp3) is 0.185. The molecule has 3 aromatic carbocycles. The number of aromatic nitrogens is 2. The van der Waals surface area contributed by atoms with Gasteiger partial charge in [-0.2, -0.15) is 8.42 Å². The second-order valence-corrected chi connectivity index (χ2v) is 10.2. The van der Waals surface area contributed by atoms with Crippen molar-refractivity contribution < 1.29 is 17.0 Å². The van der Waals surface area contributed by atoms with Crippen LogP contribution in [0.5, 0.6) is 0 Å². The maximum Gasteiger partial charge on any atom is 0.264 e. The van der Waals surface area contributed by atoms with E-state index in [1.807, 2.05) is 60.7 Å². The number of anilines is 2. The summed E-state index contributed by atoms with van der Waals surface area (Å²) in [5.41, 5.74) is 6.20. The van der Waals surface area contributed by atoms with Gasteiger partial charge in [-0.25, -0.2) is 14.4 Å². The standard InChI is InChI=1S/C27H24FN3O3S/c1-35(32,33)34-14-13-18-7-6-8-20(15-18)30-27-29-17-19-16-24(22-10-4-5-12-25(22)28)21-9-2-3-11-23(21)26(19)31-27/h2-12,15,17,24H,13-14,16H2,1H3,(H,29,30,31)/t24-/m1/s1. The molecule has 0 bridgehead atoms. The van der Waals surface area contributed by atoms with Crippen molar-refractivity contribution in [1.82, 2.24) is 9.97 Å². The smallest absolute Gasteiger partial charge is 0.264 e. The van der Waals surface area contributed by atoms with Gasteiger partial charge in [-0.1, -0.05) is 54.6 Å². The zero-order valence-electron chi connectivity index (χ0n) is 19.1. The molecule has 0 aliphatic heterocycles. The summed E-state index contributed by atoms with van der Waals surface area (Å²) in [6, 6.07) is 22.5. The number of nitrogens with zero attached hydrogens (tertiary/aromatic N) is 2. The van der Waals surface area contributed by atoms with E-state index in [1.54, 1.807) is 12.3 Å². The molecule has 178 valence electrons. The van der Waals surface area contributed by atoms with Gasteiger partial charge in [0, 0.05) is 23.4 Å². The van der Waals surface area contributed by atoms with Crippen LogP contribution in [-0.2, 0) is 27.1 Å². The van der Waals surface area contributed by atoms with Crippen LogP contribution in [0.4, 0.5) is 16.0 Å². The van der Waals surface area contributed by atoms with Crippen molar-refractivity contribution in [2.45, 2.75) is 18.8 Å². The first-order chi connectivity index (χ1) is 16.9. The van der Waals surface area contributed by atoms with Gasteiger partial charge < -0.3 is 5.32 Å². The molecule has 5 rings (SSSR count). The minimum Gasteiger partial charge on any atom is -0.324 e. The second-order valence-electron chi connectivity index (χ2n) is 8.53. The van der Waals surface area contributed by atoms with Crippen LogP contribution in [0.1, 0.15) is 28.2 Å². The first-order valence-corrected chi connectivity index (χ1v) is 13.1. The Labute approximate surface area is 204 Å². The summed E-state index contributed by atoms with van der Waals surface area (Å²) in [4.78, 5) is 9.32. The van der Waals surface area contributed by atoms with Crippen molar-refractivity contribution in [2.75, 3.05) is 18.2 Å². The topological polar surface area (TPSA) is 81.2 Å². The fourth-order valence-electron chi connectivity index (χ4n) is 4.48. The third kappa shape index (κ3) is 5.23. The Kier molecular flexibility index (Phi) is 6.32. The van der Waals surface area contributed by atoms with Gasteiger partial charge >= 0.3 is 0 Å². The van der Waals surface area contributed by atoms with Crippen molar-refractivity contribution in [1.29, 1.82) is 0 Å². The quantitative estimate of drug-likeness (QED) is 0.358. The summed E-state index contributed by atoms with van der Waals surface area (Å²) >= 11 is 0. The van der Waals surface area contributed by atoms with Crippen LogP contribution in [0.25, 0.3) is 11.3 Å². The summed E-state index contributed by atoms with van der Waals surface area (Å²) in [6.45, 7) is 0.0809. The van der Waals surface area contributed by atoms with Crippen molar-refractivity contribution in [3.05, 3.63) is 107 Å². The average Bonchev–Trinajstić information content (AvgIpc) is 2.84. The molecule has 0 amide bonds. The zero-order chi connectivity index (χ0) is 24.4. The molecule has 1 aliphatic rings. The van der Waals surface area contributed by atoms with E-state index in [0.29, 0.717) is 24.4 Å². The normalized spacial score (nSPS) is 14.7. The molecule has 4 aromatic rings. The first kappa shape index (κ1) is 23.1. The van der Waals surface area contributed by atoms with Gasteiger partial charge in [0.2, 0.25) is 5.95 Å². The van der Waals surface area contributed by atoms with Crippen LogP contribution in [0.15, 0.2) is 79.0 Å². The Hall–Kier alpha value is -3.62. The average molecular weight is 490 g/mol. The lowest BCUT2D eigenvalue weighted by Gasteiger charge is -2.27. The van der Waals surface area contributed by atoms with E-state index >= 15 is 0 Å². The lowest BCUT2D eigenvalue weighted by atomic mass is 9.78. The Morgan fingerprint density at radius 1 is 1.03 bits per heavy atom. The molecule has 1 atom stereocenters. The van der Waals surface area contributed by atoms with Crippen LogP contribution in [0.3, 0.4) is 0 Å². The van der Waals surface area contributed by atoms with E-state index in [-0.39, 0.29) is 18.3 Å². The maximum absolute atomic E-state index is 14.6. The number of benzene rings is 3. The summed E-state index contributed by atoms with van der Waals surface area (Å²) in [5, 5.41) is 3.24. The molecule has 0 saturated heterocycles. The van der Waals surface area contributed by atoms with Gasteiger partial charge in [0.25, 0.3) is 10.1 Å². The molecule has 8 heteroatoms. The van der Waals surface area contributed by atoms with E-state index in [4.69, 9.17) is 9.17 Å². The van der Waals surface area contributed by atoms with Crippen molar-refractivity contribution in [2.24, 2.45) is 0 Å². The van der Waals surface area contributed by atoms with Gasteiger partial charge in [-0.05, 0) is 53.3 Å². The highest BCUT2D eigenvalue weighted by Gasteiger charge is 2.28. The number of halogens is 1. The number of hydrogen-bond donors (Lipinski definition) is 1. The second kappa shape index (κ2) is 9.56. The lowest BCUT2D eigenvalue weighted by molar-refractivity contribution is 0.326. The minimum atomic E-state index is -3.47. The van der Waals surface area contributed by atoms with Crippen LogP contribution >= 0.6 is 0 Å². The number of fused-ring (bicyclic) bond motifs is 3. The van der Waals surface area contributed by atoms with Gasteiger partial charge in [0.05, 0.1) is 18.6 Å². The highest BCUT2D eigenvalue weighted by atomic mass is 32.2. The molecule has 0 saturated carbocycles. The third-order valence-corrected chi connectivity index (χ3v) is 6.63. The number of nitrogens with one attached hydrogen (secondary N) is 1. The Morgan fingerprint density at radius 3 is 2.60 bits per heavy atom. The minimum absolute atomic E-state index is 0.0809. The van der Waals surface area contributed by atoms with Crippen LogP contribution in [-0.4, -0.2) is 31.2 Å². The van der Waals surface area contributed by atoms with E-state index in [9.17, 15) is 12.8 Å². The molecule has 6 nitrogen and oxygen atoms in total. The molecule has 0 unspecified atom stereocenters. The molecule has 35 heavy (non-hydrogen) atoms. The number of rotatable bonds is 7. The Balaban J connectivity index is 1.41. The summed E-state index contributed by atoms with van der Waals surface area (Å²) < 4.78 is 41.8. The first-order valence-electron chi connectivity index (χ1n) is 11.3. The molecule has 1 aromatic heterocycles. The summed E-state index contributed by atoms with van der Waals surface area (Å²) in [5.74, 6) is 0.136. The Bertz CT molecular complexity index is 1490. The van der Waals surface area contributed by atoms with Crippen molar-refractivity contribution in [3.63, 3.8) is 0 Å².